The maximum absolute atomic E-state index is 2.41. The van der Waals surface area contributed by atoms with Gasteiger partial charge in [0.05, 0.1) is 16.7 Å². The number of hydrogen-bond donors (Lipinski definition) is 0. The number of aromatic nitrogens is 1. The summed E-state index contributed by atoms with van der Waals surface area (Å²) in [5, 5.41) is 2.54. The molecular formula is C51H38N2. The van der Waals surface area contributed by atoms with Gasteiger partial charge in [0.25, 0.3) is 0 Å². The minimum Gasteiger partial charge on any atom is -0.310 e. The van der Waals surface area contributed by atoms with E-state index < -0.39 is 0 Å². The fourth-order valence-corrected chi connectivity index (χ4v) is 8.60. The molecule has 0 unspecified atom stereocenters. The summed E-state index contributed by atoms with van der Waals surface area (Å²) in [7, 11) is 0. The van der Waals surface area contributed by atoms with E-state index in [1.807, 2.05) is 0 Å². The van der Waals surface area contributed by atoms with Crippen LogP contribution in [0.25, 0.3) is 60.9 Å². The highest BCUT2D eigenvalue weighted by Crippen LogP contribution is 2.50. The number of benzene rings is 8. The van der Waals surface area contributed by atoms with Gasteiger partial charge < -0.3 is 9.47 Å². The zero-order chi connectivity index (χ0) is 35.5. The lowest BCUT2D eigenvalue weighted by atomic mass is 9.82. The van der Waals surface area contributed by atoms with Crippen LogP contribution in [0.15, 0.2) is 194 Å². The van der Waals surface area contributed by atoms with Crippen LogP contribution in [-0.4, -0.2) is 4.57 Å². The SMILES string of the molecule is CC1(C)c2ccccc2-c2ccc(N(c3ccccc3)c3ccc(-c4ccc(-c5ccccc5-n5c6ccccc6c6ccccc65)cc4)cc3)cc21. The van der Waals surface area contributed by atoms with Gasteiger partial charge in [0, 0.05) is 38.8 Å². The van der Waals surface area contributed by atoms with E-state index in [1.54, 1.807) is 0 Å². The molecule has 1 aliphatic carbocycles. The number of nitrogens with zero attached hydrogens (tertiary/aromatic N) is 2. The molecular weight excluding hydrogens is 641 g/mol. The lowest BCUT2D eigenvalue weighted by Gasteiger charge is -2.28. The maximum Gasteiger partial charge on any atom is 0.0541 e. The molecule has 0 fully saturated rings. The first kappa shape index (κ1) is 31.1. The molecule has 0 amide bonds. The molecule has 0 saturated heterocycles. The molecule has 2 heteroatoms. The molecule has 1 aliphatic rings. The second kappa shape index (κ2) is 12.3. The first-order valence-corrected chi connectivity index (χ1v) is 18.4. The van der Waals surface area contributed by atoms with Gasteiger partial charge in [-0.15, -0.1) is 0 Å². The van der Waals surface area contributed by atoms with Gasteiger partial charge in [0.2, 0.25) is 0 Å². The predicted octanol–water partition coefficient (Wildman–Crippen LogP) is 13.9. The molecule has 0 N–H and O–H groups in total. The van der Waals surface area contributed by atoms with E-state index in [1.165, 1.54) is 72.0 Å². The Labute approximate surface area is 310 Å². The maximum atomic E-state index is 2.41. The Bertz CT molecular complexity index is 2730. The van der Waals surface area contributed by atoms with Crippen LogP contribution in [-0.2, 0) is 5.41 Å². The van der Waals surface area contributed by atoms with Crippen LogP contribution >= 0.6 is 0 Å². The molecule has 0 saturated carbocycles. The molecule has 0 spiro atoms. The molecule has 10 rings (SSSR count). The van der Waals surface area contributed by atoms with E-state index in [9.17, 15) is 0 Å². The van der Waals surface area contributed by atoms with Crippen molar-refractivity contribution in [1.29, 1.82) is 0 Å². The fraction of sp³-hybridized carbons (Fsp3) is 0.0588. The van der Waals surface area contributed by atoms with Crippen LogP contribution in [0.2, 0.25) is 0 Å². The van der Waals surface area contributed by atoms with Crippen LogP contribution in [0.3, 0.4) is 0 Å². The van der Waals surface area contributed by atoms with Gasteiger partial charge in [-0.3, -0.25) is 0 Å². The number of hydrogen-bond acceptors (Lipinski definition) is 1. The minimum absolute atomic E-state index is 0.0652. The highest BCUT2D eigenvalue weighted by atomic mass is 15.1. The largest absolute Gasteiger partial charge is 0.310 e. The van der Waals surface area contributed by atoms with E-state index in [0.717, 1.165) is 17.1 Å². The minimum atomic E-state index is -0.0652. The second-order valence-electron chi connectivity index (χ2n) is 14.6. The molecule has 2 nitrogen and oxygen atoms in total. The monoisotopic (exact) mass is 678 g/mol. The Morgan fingerprint density at radius 1 is 0.377 bits per heavy atom. The Hall–Kier alpha value is -6.64. The van der Waals surface area contributed by atoms with Crippen molar-refractivity contribution in [2.75, 3.05) is 4.90 Å². The third kappa shape index (κ3) is 5.02. The highest BCUT2D eigenvalue weighted by Gasteiger charge is 2.35. The van der Waals surface area contributed by atoms with E-state index in [2.05, 4.69) is 217 Å². The number of anilines is 3. The number of fused-ring (bicyclic) bond motifs is 6. The zero-order valence-corrected chi connectivity index (χ0v) is 29.9. The average Bonchev–Trinajstić information content (AvgIpc) is 3.67. The molecule has 9 aromatic rings. The molecule has 1 heterocycles. The summed E-state index contributed by atoms with van der Waals surface area (Å²) in [6.07, 6.45) is 0. The quantitative estimate of drug-likeness (QED) is 0.170. The van der Waals surface area contributed by atoms with E-state index in [0.29, 0.717) is 0 Å². The van der Waals surface area contributed by atoms with Gasteiger partial charge in [-0.05, 0) is 93.5 Å². The smallest absolute Gasteiger partial charge is 0.0541 e. The molecule has 0 aliphatic heterocycles. The lowest BCUT2D eigenvalue weighted by molar-refractivity contribution is 0.660. The molecule has 53 heavy (non-hydrogen) atoms. The standard InChI is InChI=1S/C51H38N2/c1-51(2)46-20-10-6-17-42(46)43-33-32-40(34-47(43)51)52(38-14-4-3-5-15-38)39-30-28-36(29-31-39)35-24-26-37(27-25-35)41-16-7-11-21-48(41)53-49-22-12-8-18-44(49)45-19-9-13-23-50(45)53/h3-34H,1-2H3. The van der Waals surface area contributed by atoms with Crippen molar-refractivity contribution >= 4 is 38.9 Å². The molecule has 0 bridgehead atoms. The zero-order valence-electron chi connectivity index (χ0n) is 29.9. The summed E-state index contributed by atoms with van der Waals surface area (Å²) < 4.78 is 2.41. The van der Waals surface area contributed by atoms with Gasteiger partial charge in [0.1, 0.15) is 0 Å². The predicted molar refractivity (Wildman–Crippen MR) is 224 cm³/mol. The third-order valence-corrected chi connectivity index (χ3v) is 11.2. The lowest BCUT2D eigenvalue weighted by Crippen LogP contribution is -2.16. The van der Waals surface area contributed by atoms with Crippen LogP contribution in [0.1, 0.15) is 25.0 Å². The summed E-state index contributed by atoms with van der Waals surface area (Å²) >= 11 is 0. The normalized spacial score (nSPS) is 12.9. The first-order valence-electron chi connectivity index (χ1n) is 18.4. The Balaban J connectivity index is 0.996. The summed E-state index contributed by atoms with van der Waals surface area (Å²) in [4.78, 5) is 2.37. The van der Waals surface area contributed by atoms with Gasteiger partial charge in [-0.2, -0.15) is 0 Å². The number of para-hydroxylation sites is 4. The fourth-order valence-electron chi connectivity index (χ4n) is 8.60. The molecule has 0 radical (unpaired) electrons. The van der Waals surface area contributed by atoms with Gasteiger partial charge >= 0.3 is 0 Å². The van der Waals surface area contributed by atoms with Crippen molar-refractivity contribution in [1.82, 2.24) is 4.57 Å². The Kier molecular flexibility index (Phi) is 7.19. The topological polar surface area (TPSA) is 8.17 Å². The summed E-state index contributed by atoms with van der Waals surface area (Å²) in [5.41, 5.74) is 17.2. The van der Waals surface area contributed by atoms with Crippen LogP contribution in [0.5, 0.6) is 0 Å². The van der Waals surface area contributed by atoms with Crippen LogP contribution in [0, 0.1) is 0 Å². The van der Waals surface area contributed by atoms with Crippen molar-refractivity contribution in [2.24, 2.45) is 0 Å². The van der Waals surface area contributed by atoms with E-state index >= 15 is 0 Å². The van der Waals surface area contributed by atoms with Crippen LogP contribution < -0.4 is 4.90 Å². The van der Waals surface area contributed by atoms with Crippen molar-refractivity contribution in [3.05, 3.63) is 205 Å². The van der Waals surface area contributed by atoms with Crippen molar-refractivity contribution in [3.8, 4) is 39.1 Å². The van der Waals surface area contributed by atoms with Gasteiger partial charge in [-0.25, -0.2) is 0 Å². The van der Waals surface area contributed by atoms with E-state index in [4.69, 9.17) is 0 Å². The third-order valence-electron chi connectivity index (χ3n) is 11.2. The van der Waals surface area contributed by atoms with Gasteiger partial charge in [-0.1, -0.05) is 153 Å². The summed E-state index contributed by atoms with van der Waals surface area (Å²) in [5.74, 6) is 0. The number of rotatable bonds is 6. The summed E-state index contributed by atoms with van der Waals surface area (Å²) in [6, 6.07) is 70.7. The Morgan fingerprint density at radius 2 is 0.868 bits per heavy atom. The molecule has 1 aromatic heterocycles. The first-order chi connectivity index (χ1) is 26.1. The molecule has 252 valence electrons. The Morgan fingerprint density at radius 3 is 1.57 bits per heavy atom. The van der Waals surface area contributed by atoms with Crippen molar-refractivity contribution in [3.63, 3.8) is 0 Å². The average molecular weight is 679 g/mol. The van der Waals surface area contributed by atoms with Crippen molar-refractivity contribution in [2.45, 2.75) is 19.3 Å². The molecule has 0 atom stereocenters. The van der Waals surface area contributed by atoms with Gasteiger partial charge in [0.15, 0.2) is 0 Å². The van der Waals surface area contributed by atoms with Crippen molar-refractivity contribution < 1.29 is 0 Å². The second-order valence-corrected chi connectivity index (χ2v) is 14.6. The highest BCUT2D eigenvalue weighted by molar-refractivity contribution is 6.09. The molecule has 8 aromatic carbocycles. The van der Waals surface area contributed by atoms with Crippen LogP contribution in [0.4, 0.5) is 17.1 Å². The van der Waals surface area contributed by atoms with E-state index in [-0.39, 0.29) is 5.41 Å². The summed E-state index contributed by atoms with van der Waals surface area (Å²) in [6.45, 7) is 4.69.